The summed E-state index contributed by atoms with van der Waals surface area (Å²) in [5.41, 5.74) is 0.416. The Bertz CT molecular complexity index is 414. The molecule has 1 fully saturated rings. The molecule has 1 heterocycles. The van der Waals surface area contributed by atoms with Gasteiger partial charge in [0.1, 0.15) is 0 Å². The van der Waals surface area contributed by atoms with Crippen molar-refractivity contribution in [3.05, 3.63) is 18.2 Å². The number of esters is 1. The number of carbonyl (C=O) groups is 1. The van der Waals surface area contributed by atoms with Gasteiger partial charge in [-0.2, -0.15) is 0 Å². The van der Waals surface area contributed by atoms with Crippen molar-refractivity contribution in [1.29, 1.82) is 0 Å². The monoisotopic (exact) mass is 264 g/mol. The van der Waals surface area contributed by atoms with Crippen LogP contribution in [0.2, 0.25) is 0 Å². The van der Waals surface area contributed by atoms with Crippen molar-refractivity contribution >= 4 is 5.97 Å². The average molecular weight is 264 g/mol. The smallest absolute Gasteiger partial charge is 0.358 e. The number of aryl methyl sites for hydroxylation is 1. The van der Waals surface area contributed by atoms with E-state index in [0.717, 1.165) is 18.4 Å². The highest BCUT2D eigenvalue weighted by atomic mass is 16.5. The topological polar surface area (TPSA) is 44.1 Å². The Morgan fingerprint density at radius 3 is 3.11 bits per heavy atom. The van der Waals surface area contributed by atoms with Gasteiger partial charge in [0.25, 0.3) is 0 Å². The van der Waals surface area contributed by atoms with Gasteiger partial charge < -0.3 is 9.30 Å². The number of rotatable bonds is 5. The van der Waals surface area contributed by atoms with E-state index in [9.17, 15) is 4.79 Å². The molecule has 0 aromatic carbocycles. The van der Waals surface area contributed by atoms with E-state index in [2.05, 4.69) is 11.9 Å². The molecule has 0 N–H and O–H groups in total. The van der Waals surface area contributed by atoms with E-state index in [-0.39, 0.29) is 5.97 Å². The quantitative estimate of drug-likeness (QED) is 0.767. The van der Waals surface area contributed by atoms with Crippen molar-refractivity contribution in [3.63, 3.8) is 0 Å². The molecule has 0 spiro atoms. The van der Waals surface area contributed by atoms with Crippen molar-refractivity contribution < 1.29 is 9.53 Å². The molecule has 1 aromatic heterocycles. The molecule has 2 atom stereocenters. The van der Waals surface area contributed by atoms with Crippen LogP contribution in [0.3, 0.4) is 0 Å². The number of carbonyl (C=O) groups excluding carboxylic acids is 1. The first kappa shape index (κ1) is 14.1. The van der Waals surface area contributed by atoms with Gasteiger partial charge in [-0.05, 0) is 31.6 Å². The summed E-state index contributed by atoms with van der Waals surface area (Å²) in [7, 11) is 0. The van der Waals surface area contributed by atoms with Gasteiger partial charge in [0.2, 0.25) is 0 Å². The minimum atomic E-state index is -0.326. The Labute approximate surface area is 115 Å². The molecule has 0 bridgehead atoms. The van der Waals surface area contributed by atoms with Crippen molar-refractivity contribution in [3.8, 4) is 0 Å². The molecule has 2 rings (SSSR count). The molecule has 1 aliphatic carbocycles. The van der Waals surface area contributed by atoms with Crippen LogP contribution < -0.4 is 0 Å². The lowest BCUT2D eigenvalue weighted by atomic mass is 9.81. The van der Waals surface area contributed by atoms with Crippen LogP contribution in [-0.4, -0.2) is 22.1 Å². The molecular formula is C15H24N2O2. The summed E-state index contributed by atoms with van der Waals surface area (Å²) in [5, 5.41) is 0. The second-order valence-corrected chi connectivity index (χ2v) is 5.64. The summed E-state index contributed by atoms with van der Waals surface area (Å²) in [6.07, 6.45) is 10.2. The SMILES string of the molecule is CCOC(=O)c1cn(CCC2CCCC(C)C2)cn1. The third-order valence-corrected chi connectivity index (χ3v) is 3.96. The first-order valence-electron chi connectivity index (χ1n) is 7.38. The maximum atomic E-state index is 11.5. The van der Waals surface area contributed by atoms with Crippen LogP contribution in [0.1, 0.15) is 56.4 Å². The number of imidazole rings is 1. The zero-order chi connectivity index (χ0) is 13.7. The van der Waals surface area contributed by atoms with Gasteiger partial charge in [-0.15, -0.1) is 0 Å². The fourth-order valence-electron chi connectivity index (χ4n) is 2.95. The first-order valence-corrected chi connectivity index (χ1v) is 7.38. The van der Waals surface area contributed by atoms with E-state index in [4.69, 9.17) is 4.74 Å². The molecule has 19 heavy (non-hydrogen) atoms. The third kappa shape index (κ3) is 4.08. The van der Waals surface area contributed by atoms with Gasteiger partial charge >= 0.3 is 5.97 Å². The summed E-state index contributed by atoms with van der Waals surface area (Å²) in [4.78, 5) is 15.6. The van der Waals surface area contributed by atoms with E-state index in [1.807, 2.05) is 4.57 Å². The van der Waals surface area contributed by atoms with Crippen LogP contribution in [-0.2, 0) is 11.3 Å². The Hall–Kier alpha value is -1.32. The molecule has 4 nitrogen and oxygen atoms in total. The zero-order valence-corrected chi connectivity index (χ0v) is 12.0. The van der Waals surface area contributed by atoms with Gasteiger partial charge in [0.15, 0.2) is 5.69 Å². The molecule has 0 saturated heterocycles. The molecule has 0 amide bonds. The second kappa shape index (κ2) is 6.73. The van der Waals surface area contributed by atoms with E-state index in [1.54, 1.807) is 19.4 Å². The van der Waals surface area contributed by atoms with Gasteiger partial charge in [-0.3, -0.25) is 0 Å². The summed E-state index contributed by atoms with van der Waals surface area (Å²) >= 11 is 0. The Kier molecular flexibility index (Phi) is 5.00. The van der Waals surface area contributed by atoms with Crippen molar-refractivity contribution in [1.82, 2.24) is 9.55 Å². The lowest BCUT2D eigenvalue weighted by molar-refractivity contribution is 0.0520. The highest BCUT2D eigenvalue weighted by molar-refractivity contribution is 5.86. The van der Waals surface area contributed by atoms with E-state index in [1.165, 1.54) is 32.1 Å². The number of ether oxygens (including phenoxy) is 1. The van der Waals surface area contributed by atoms with E-state index >= 15 is 0 Å². The lowest BCUT2D eigenvalue weighted by Crippen LogP contribution is -2.15. The maximum Gasteiger partial charge on any atom is 0.358 e. The number of hydrogen-bond donors (Lipinski definition) is 0. The Balaban J connectivity index is 1.81. The van der Waals surface area contributed by atoms with Gasteiger partial charge in [-0.25, -0.2) is 9.78 Å². The normalized spacial score (nSPS) is 23.3. The minimum Gasteiger partial charge on any atom is -0.461 e. The molecule has 1 aromatic rings. The van der Waals surface area contributed by atoms with Crippen LogP contribution in [0.5, 0.6) is 0 Å². The Morgan fingerprint density at radius 1 is 1.53 bits per heavy atom. The second-order valence-electron chi connectivity index (χ2n) is 5.64. The molecule has 106 valence electrons. The highest BCUT2D eigenvalue weighted by Crippen LogP contribution is 2.30. The third-order valence-electron chi connectivity index (χ3n) is 3.96. The Morgan fingerprint density at radius 2 is 2.37 bits per heavy atom. The summed E-state index contributed by atoms with van der Waals surface area (Å²) in [6, 6.07) is 0. The fourth-order valence-corrected chi connectivity index (χ4v) is 2.95. The number of nitrogens with zero attached hydrogens (tertiary/aromatic N) is 2. The molecule has 1 saturated carbocycles. The first-order chi connectivity index (χ1) is 9.19. The molecule has 4 heteroatoms. The standard InChI is InChI=1S/C15H24N2O2/c1-3-19-15(18)14-10-17(11-16-14)8-7-13-6-4-5-12(2)9-13/h10-13H,3-9H2,1-2H3. The van der Waals surface area contributed by atoms with Crippen molar-refractivity contribution in [2.24, 2.45) is 11.8 Å². The van der Waals surface area contributed by atoms with Gasteiger partial charge in [-0.1, -0.05) is 26.2 Å². The van der Waals surface area contributed by atoms with Crippen LogP contribution in [0, 0.1) is 11.8 Å². The molecule has 1 aliphatic rings. The predicted octanol–water partition coefficient (Wildman–Crippen LogP) is 3.28. The molecule has 2 unspecified atom stereocenters. The highest BCUT2D eigenvalue weighted by Gasteiger charge is 2.18. The minimum absolute atomic E-state index is 0.326. The molecular weight excluding hydrogens is 240 g/mol. The fraction of sp³-hybridized carbons (Fsp3) is 0.733. The maximum absolute atomic E-state index is 11.5. The van der Waals surface area contributed by atoms with Crippen molar-refractivity contribution in [2.75, 3.05) is 6.61 Å². The van der Waals surface area contributed by atoms with Gasteiger partial charge in [0, 0.05) is 12.7 Å². The predicted molar refractivity (Wildman–Crippen MR) is 73.9 cm³/mol. The average Bonchev–Trinajstić information content (AvgIpc) is 2.86. The number of aromatic nitrogens is 2. The molecule has 0 aliphatic heterocycles. The van der Waals surface area contributed by atoms with E-state index in [0.29, 0.717) is 12.3 Å². The summed E-state index contributed by atoms with van der Waals surface area (Å²) in [6.45, 7) is 5.50. The van der Waals surface area contributed by atoms with Crippen LogP contribution in [0.4, 0.5) is 0 Å². The van der Waals surface area contributed by atoms with Crippen LogP contribution >= 0.6 is 0 Å². The van der Waals surface area contributed by atoms with Crippen molar-refractivity contribution in [2.45, 2.75) is 52.5 Å². The number of hydrogen-bond acceptors (Lipinski definition) is 3. The lowest BCUT2D eigenvalue weighted by Gasteiger charge is -2.26. The zero-order valence-electron chi connectivity index (χ0n) is 12.0. The van der Waals surface area contributed by atoms with Crippen LogP contribution in [0.25, 0.3) is 0 Å². The van der Waals surface area contributed by atoms with E-state index < -0.39 is 0 Å². The molecule has 0 radical (unpaired) electrons. The largest absolute Gasteiger partial charge is 0.461 e. The summed E-state index contributed by atoms with van der Waals surface area (Å²) in [5.74, 6) is 1.38. The van der Waals surface area contributed by atoms with Crippen LogP contribution in [0.15, 0.2) is 12.5 Å². The van der Waals surface area contributed by atoms with Gasteiger partial charge in [0.05, 0.1) is 12.9 Å². The summed E-state index contributed by atoms with van der Waals surface area (Å²) < 4.78 is 6.94.